The molecule has 1 heterocycles. The summed E-state index contributed by atoms with van der Waals surface area (Å²) in [7, 11) is 0. The minimum Gasteiger partial charge on any atom is -0.390 e. The third-order valence-electron chi connectivity index (χ3n) is 1.94. The second kappa shape index (κ2) is 3.90. The highest BCUT2D eigenvalue weighted by molar-refractivity contribution is 9.10. The molecule has 0 fully saturated rings. The summed E-state index contributed by atoms with van der Waals surface area (Å²) < 4.78 is 1.11. The lowest BCUT2D eigenvalue weighted by atomic mass is 9.99. The van der Waals surface area contributed by atoms with Crippen molar-refractivity contribution in [2.75, 3.05) is 0 Å². The normalized spacial score (nSPS) is 16.0. The first-order valence-corrected chi connectivity index (χ1v) is 5.66. The highest BCUT2D eigenvalue weighted by atomic mass is 79.9. The van der Waals surface area contributed by atoms with Crippen LogP contribution in [-0.4, -0.2) is 10.7 Å². The monoisotopic (exact) mass is 248 g/mol. The highest BCUT2D eigenvalue weighted by Gasteiger charge is 2.18. The summed E-state index contributed by atoms with van der Waals surface area (Å²) in [6.07, 6.45) is 1.54. The van der Waals surface area contributed by atoms with Gasteiger partial charge in [-0.1, -0.05) is 6.92 Å². The van der Waals surface area contributed by atoms with Crippen molar-refractivity contribution in [2.45, 2.75) is 32.3 Å². The Balaban J connectivity index is 2.63. The smallest absolute Gasteiger partial charge is 0.0665 e. The van der Waals surface area contributed by atoms with Gasteiger partial charge in [-0.3, -0.25) is 0 Å². The fraction of sp³-hybridized carbons (Fsp3) is 0.556. The van der Waals surface area contributed by atoms with Crippen molar-refractivity contribution in [2.24, 2.45) is 0 Å². The molecule has 0 spiro atoms. The lowest BCUT2D eigenvalue weighted by Gasteiger charge is -2.19. The van der Waals surface area contributed by atoms with Crippen LogP contribution in [0.15, 0.2) is 15.9 Å². The van der Waals surface area contributed by atoms with Crippen LogP contribution in [0.3, 0.4) is 0 Å². The average molecular weight is 249 g/mol. The maximum Gasteiger partial charge on any atom is 0.0665 e. The third kappa shape index (κ3) is 2.88. The van der Waals surface area contributed by atoms with Crippen molar-refractivity contribution in [3.63, 3.8) is 0 Å². The molecule has 0 saturated carbocycles. The molecule has 3 heteroatoms. The third-order valence-corrected chi connectivity index (χ3v) is 3.64. The van der Waals surface area contributed by atoms with Crippen LogP contribution in [0.25, 0.3) is 0 Å². The predicted octanol–water partition coefficient (Wildman–Crippen LogP) is 3.21. The molecule has 1 aromatic heterocycles. The van der Waals surface area contributed by atoms with Gasteiger partial charge in [0.1, 0.15) is 0 Å². The zero-order valence-corrected chi connectivity index (χ0v) is 9.70. The van der Waals surface area contributed by atoms with Gasteiger partial charge in [-0.25, -0.2) is 0 Å². The standard InChI is InChI=1S/C9H13BrOS/c1-3-9(2,11)5-8-4-7(10)6-12-8/h4,6,11H,3,5H2,1-2H3. The molecular formula is C9H13BrOS. The van der Waals surface area contributed by atoms with Crippen LogP contribution < -0.4 is 0 Å². The van der Waals surface area contributed by atoms with E-state index in [1.165, 1.54) is 4.88 Å². The van der Waals surface area contributed by atoms with Crippen molar-refractivity contribution in [1.82, 2.24) is 0 Å². The summed E-state index contributed by atoms with van der Waals surface area (Å²) in [5.74, 6) is 0. The molecule has 0 aliphatic carbocycles. The Morgan fingerprint density at radius 3 is 2.75 bits per heavy atom. The van der Waals surface area contributed by atoms with E-state index >= 15 is 0 Å². The number of thiophene rings is 1. The topological polar surface area (TPSA) is 20.2 Å². The molecule has 0 bridgehead atoms. The molecular weight excluding hydrogens is 236 g/mol. The molecule has 1 atom stereocenters. The summed E-state index contributed by atoms with van der Waals surface area (Å²) in [5, 5.41) is 11.8. The number of hydrogen-bond donors (Lipinski definition) is 1. The van der Waals surface area contributed by atoms with E-state index in [4.69, 9.17) is 0 Å². The summed E-state index contributed by atoms with van der Waals surface area (Å²) in [5.41, 5.74) is -0.551. The van der Waals surface area contributed by atoms with E-state index in [0.29, 0.717) is 0 Å². The predicted molar refractivity (Wildman–Crippen MR) is 56.6 cm³/mol. The molecule has 68 valence electrons. The zero-order chi connectivity index (χ0) is 9.19. The van der Waals surface area contributed by atoms with E-state index in [9.17, 15) is 5.11 Å². The molecule has 1 rings (SSSR count). The molecule has 12 heavy (non-hydrogen) atoms. The number of rotatable bonds is 3. The summed E-state index contributed by atoms with van der Waals surface area (Å²) in [6.45, 7) is 3.88. The maximum atomic E-state index is 9.78. The lowest BCUT2D eigenvalue weighted by Crippen LogP contribution is -2.25. The molecule has 1 unspecified atom stereocenters. The van der Waals surface area contributed by atoms with Gasteiger partial charge in [-0.15, -0.1) is 11.3 Å². The minimum atomic E-state index is -0.551. The fourth-order valence-corrected chi connectivity index (χ4v) is 2.58. The van der Waals surface area contributed by atoms with Crippen LogP contribution in [0.1, 0.15) is 25.1 Å². The average Bonchev–Trinajstić information content (AvgIpc) is 2.35. The van der Waals surface area contributed by atoms with Crippen LogP contribution in [0.5, 0.6) is 0 Å². The Hall–Kier alpha value is 0.140. The van der Waals surface area contributed by atoms with E-state index < -0.39 is 5.60 Å². The van der Waals surface area contributed by atoms with Gasteiger partial charge >= 0.3 is 0 Å². The largest absolute Gasteiger partial charge is 0.390 e. The van der Waals surface area contributed by atoms with Gasteiger partial charge in [0.05, 0.1) is 5.60 Å². The fourth-order valence-electron chi connectivity index (χ4n) is 0.947. The molecule has 1 N–H and O–H groups in total. The first-order chi connectivity index (χ1) is 5.53. The molecule has 1 aromatic rings. The van der Waals surface area contributed by atoms with Gasteiger partial charge in [0, 0.05) is 21.2 Å². The first-order valence-electron chi connectivity index (χ1n) is 3.99. The van der Waals surface area contributed by atoms with Gasteiger partial charge in [0.25, 0.3) is 0 Å². The van der Waals surface area contributed by atoms with E-state index in [0.717, 1.165) is 17.3 Å². The SMILES string of the molecule is CCC(C)(O)Cc1cc(Br)cs1. The highest BCUT2D eigenvalue weighted by Crippen LogP contribution is 2.24. The van der Waals surface area contributed by atoms with Crippen molar-refractivity contribution in [1.29, 1.82) is 0 Å². The quantitative estimate of drug-likeness (QED) is 0.872. The summed E-state index contributed by atoms with van der Waals surface area (Å²) in [4.78, 5) is 1.23. The van der Waals surface area contributed by atoms with Gasteiger partial charge in [0.2, 0.25) is 0 Å². The molecule has 0 aliphatic heterocycles. The number of hydrogen-bond acceptors (Lipinski definition) is 2. The van der Waals surface area contributed by atoms with Crippen molar-refractivity contribution < 1.29 is 5.11 Å². The second-order valence-corrected chi connectivity index (χ2v) is 5.17. The van der Waals surface area contributed by atoms with E-state index in [-0.39, 0.29) is 0 Å². The van der Waals surface area contributed by atoms with Crippen molar-refractivity contribution in [3.8, 4) is 0 Å². The summed E-state index contributed by atoms with van der Waals surface area (Å²) in [6, 6.07) is 2.06. The van der Waals surface area contributed by atoms with Crippen LogP contribution in [0.2, 0.25) is 0 Å². The Morgan fingerprint density at radius 1 is 1.67 bits per heavy atom. The Morgan fingerprint density at radius 2 is 2.33 bits per heavy atom. The van der Waals surface area contributed by atoms with Gasteiger partial charge in [-0.05, 0) is 35.3 Å². The number of halogens is 1. The van der Waals surface area contributed by atoms with Gasteiger partial charge in [-0.2, -0.15) is 0 Å². The van der Waals surface area contributed by atoms with Crippen LogP contribution in [-0.2, 0) is 6.42 Å². The van der Waals surface area contributed by atoms with E-state index in [2.05, 4.69) is 22.0 Å². The van der Waals surface area contributed by atoms with Crippen molar-refractivity contribution in [3.05, 3.63) is 20.8 Å². The number of aliphatic hydroxyl groups is 1. The molecule has 0 radical (unpaired) electrons. The molecule has 0 aliphatic rings. The van der Waals surface area contributed by atoms with E-state index in [1.54, 1.807) is 11.3 Å². The van der Waals surface area contributed by atoms with Crippen molar-refractivity contribution >= 4 is 27.3 Å². The minimum absolute atomic E-state index is 0.551. The van der Waals surface area contributed by atoms with Crippen LogP contribution in [0, 0.1) is 0 Å². The first kappa shape index (κ1) is 10.2. The summed E-state index contributed by atoms with van der Waals surface area (Å²) >= 11 is 5.08. The molecule has 0 saturated heterocycles. The zero-order valence-electron chi connectivity index (χ0n) is 7.30. The Bertz CT molecular complexity index is 255. The molecule has 1 nitrogen and oxygen atoms in total. The Kier molecular flexibility index (Phi) is 3.32. The van der Waals surface area contributed by atoms with Crippen LogP contribution >= 0.6 is 27.3 Å². The lowest BCUT2D eigenvalue weighted by molar-refractivity contribution is 0.0573. The van der Waals surface area contributed by atoms with Gasteiger partial charge < -0.3 is 5.11 Å². The molecule has 0 amide bonds. The maximum absolute atomic E-state index is 9.78. The Labute approximate surface area is 85.6 Å². The second-order valence-electron chi connectivity index (χ2n) is 3.26. The van der Waals surface area contributed by atoms with Crippen LogP contribution in [0.4, 0.5) is 0 Å². The van der Waals surface area contributed by atoms with E-state index in [1.807, 2.05) is 19.2 Å². The molecule has 0 aromatic carbocycles. The van der Waals surface area contributed by atoms with Gasteiger partial charge in [0.15, 0.2) is 0 Å².